The lowest BCUT2D eigenvalue weighted by molar-refractivity contribution is -0.139. The molecule has 0 aromatic rings. The molecule has 0 aromatic heterocycles. The van der Waals surface area contributed by atoms with E-state index in [1.54, 1.807) is 0 Å². The quantitative estimate of drug-likeness (QED) is 0.264. The molecule has 4 atom stereocenters. The van der Waals surface area contributed by atoms with E-state index < -0.39 is 30.3 Å². The predicted molar refractivity (Wildman–Crippen MR) is 37.0 cm³/mol. The second-order valence-corrected chi connectivity index (χ2v) is 2.74. The lowest BCUT2D eigenvalue weighted by Gasteiger charge is -2.19. The van der Waals surface area contributed by atoms with Gasteiger partial charge < -0.3 is 25.7 Å². The Morgan fingerprint density at radius 2 is 1.75 bits per heavy atom. The summed E-state index contributed by atoms with van der Waals surface area (Å²) in [6.07, 6.45) is -6.07. The summed E-state index contributed by atoms with van der Waals surface area (Å²) in [4.78, 5) is 10.8. The predicted octanol–water partition coefficient (Wildman–Crippen LogP) is -3.44. The van der Waals surface area contributed by atoms with Gasteiger partial charge in [0, 0.05) is 6.54 Å². The molecule has 0 aliphatic carbocycles. The maximum Gasteiger partial charge on any atom is 0.251 e. The first-order valence-electron chi connectivity index (χ1n) is 3.54. The summed E-state index contributed by atoms with van der Waals surface area (Å²) in [5, 5.41) is 38.3. The van der Waals surface area contributed by atoms with Gasteiger partial charge in [0.25, 0.3) is 5.91 Å². The highest BCUT2D eigenvalue weighted by molar-refractivity contribution is 5.81. The molecule has 1 aliphatic rings. The van der Waals surface area contributed by atoms with Gasteiger partial charge >= 0.3 is 0 Å². The molecule has 0 saturated carbocycles. The summed E-state index contributed by atoms with van der Waals surface area (Å²) in [7, 11) is 0. The standard InChI is InChI=1S/C6H11NO5/c8-2-1-7-6(12)5(11)4(10)3(2)9/h2-5,8-11H,1H2,(H,7,12). The molecule has 0 radical (unpaired) electrons. The lowest BCUT2D eigenvalue weighted by Crippen LogP contribution is -2.45. The number of β-amino-alcohol motifs (C(OH)–C–C–N with tert-alkyl or cyclic N) is 1. The van der Waals surface area contributed by atoms with Crippen LogP contribution in [0.2, 0.25) is 0 Å². The zero-order valence-electron chi connectivity index (χ0n) is 6.21. The summed E-state index contributed by atoms with van der Waals surface area (Å²) in [6.45, 7) is -0.172. The van der Waals surface area contributed by atoms with Crippen LogP contribution in [0.3, 0.4) is 0 Å². The number of carbonyl (C=O) groups excluding carboxylic acids is 1. The van der Waals surface area contributed by atoms with Gasteiger partial charge in [-0.2, -0.15) is 0 Å². The van der Waals surface area contributed by atoms with Gasteiger partial charge in [0.05, 0.1) is 6.10 Å². The summed E-state index contributed by atoms with van der Waals surface area (Å²) in [6, 6.07) is 0. The Bertz CT molecular complexity index is 185. The van der Waals surface area contributed by atoms with Gasteiger partial charge in [0.2, 0.25) is 0 Å². The largest absolute Gasteiger partial charge is 0.388 e. The molecular weight excluding hydrogens is 166 g/mol. The van der Waals surface area contributed by atoms with Crippen molar-refractivity contribution in [3.05, 3.63) is 0 Å². The van der Waals surface area contributed by atoms with Crippen molar-refractivity contribution in [2.75, 3.05) is 6.54 Å². The molecule has 1 fully saturated rings. The highest BCUT2D eigenvalue weighted by Crippen LogP contribution is 2.08. The van der Waals surface area contributed by atoms with Gasteiger partial charge in [-0.15, -0.1) is 0 Å². The van der Waals surface area contributed by atoms with Crippen LogP contribution in [0, 0.1) is 0 Å². The minimum Gasteiger partial charge on any atom is -0.388 e. The van der Waals surface area contributed by atoms with Crippen molar-refractivity contribution >= 4 is 5.91 Å². The van der Waals surface area contributed by atoms with Crippen molar-refractivity contribution in [2.45, 2.75) is 24.4 Å². The van der Waals surface area contributed by atoms with E-state index >= 15 is 0 Å². The van der Waals surface area contributed by atoms with E-state index in [2.05, 4.69) is 5.32 Å². The van der Waals surface area contributed by atoms with E-state index in [0.717, 1.165) is 0 Å². The molecule has 1 saturated heterocycles. The van der Waals surface area contributed by atoms with Gasteiger partial charge in [0.15, 0.2) is 6.10 Å². The van der Waals surface area contributed by atoms with E-state index in [9.17, 15) is 4.79 Å². The average Bonchev–Trinajstić information content (AvgIpc) is 2.14. The smallest absolute Gasteiger partial charge is 0.251 e. The molecule has 12 heavy (non-hydrogen) atoms. The Morgan fingerprint density at radius 1 is 1.17 bits per heavy atom. The molecule has 5 N–H and O–H groups in total. The minimum atomic E-state index is -1.68. The van der Waals surface area contributed by atoms with Crippen molar-refractivity contribution in [3.8, 4) is 0 Å². The molecule has 6 nitrogen and oxygen atoms in total. The van der Waals surface area contributed by atoms with E-state index in [1.807, 2.05) is 0 Å². The molecule has 1 amide bonds. The molecule has 0 aromatic carbocycles. The monoisotopic (exact) mass is 177 g/mol. The van der Waals surface area contributed by atoms with Crippen molar-refractivity contribution in [3.63, 3.8) is 0 Å². The van der Waals surface area contributed by atoms with E-state index in [1.165, 1.54) is 0 Å². The number of hydrogen-bond donors (Lipinski definition) is 5. The Hall–Kier alpha value is -0.690. The molecule has 1 rings (SSSR count). The normalized spacial score (nSPS) is 43.5. The molecule has 4 unspecified atom stereocenters. The van der Waals surface area contributed by atoms with E-state index in [-0.39, 0.29) is 6.54 Å². The third-order valence-corrected chi connectivity index (χ3v) is 1.82. The van der Waals surface area contributed by atoms with E-state index in [4.69, 9.17) is 20.4 Å². The van der Waals surface area contributed by atoms with Crippen LogP contribution in [0.5, 0.6) is 0 Å². The van der Waals surface area contributed by atoms with Crippen LogP contribution in [0.1, 0.15) is 0 Å². The first-order chi connectivity index (χ1) is 5.54. The molecular formula is C6H11NO5. The Kier molecular flexibility index (Phi) is 2.63. The first-order valence-corrected chi connectivity index (χ1v) is 3.54. The Labute approximate surface area is 68.4 Å². The van der Waals surface area contributed by atoms with Gasteiger partial charge in [-0.3, -0.25) is 4.79 Å². The second-order valence-electron chi connectivity index (χ2n) is 2.74. The molecule has 70 valence electrons. The molecule has 1 aliphatic heterocycles. The van der Waals surface area contributed by atoms with Crippen LogP contribution in [-0.4, -0.2) is 57.3 Å². The fraction of sp³-hybridized carbons (Fsp3) is 0.833. The lowest BCUT2D eigenvalue weighted by atomic mass is 10.1. The summed E-state index contributed by atoms with van der Waals surface area (Å²) < 4.78 is 0. The van der Waals surface area contributed by atoms with Crippen molar-refractivity contribution in [1.82, 2.24) is 5.32 Å². The zero-order valence-corrected chi connectivity index (χ0v) is 6.21. The Morgan fingerprint density at radius 3 is 2.33 bits per heavy atom. The summed E-state index contributed by atoms with van der Waals surface area (Å²) in [5.74, 6) is -0.793. The number of hydrogen-bond acceptors (Lipinski definition) is 5. The van der Waals surface area contributed by atoms with Crippen molar-refractivity contribution in [1.29, 1.82) is 0 Å². The van der Waals surface area contributed by atoms with Gasteiger partial charge in [-0.25, -0.2) is 0 Å². The third kappa shape index (κ3) is 1.56. The number of rotatable bonds is 0. The molecule has 6 heteroatoms. The highest BCUT2D eigenvalue weighted by Gasteiger charge is 2.37. The van der Waals surface area contributed by atoms with Crippen LogP contribution < -0.4 is 5.32 Å². The molecule has 0 bridgehead atoms. The topological polar surface area (TPSA) is 110 Å². The van der Waals surface area contributed by atoms with Gasteiger partial charge in [-0.05, 0) is 0 Å². The number of aliphatic hydroxyl groups is 4. The van der Waals surface area contributed by atoms with Crippen LogP contribution in [-0.2, 0) is 4.79 Å². The first kappa shape index (κ1) is 9.40. The van der Waals surface area contributed by atoms with Crippen molar-refractivity contribution < 1.29 is 25.2 Å². The van der Waals surface area contributed by atoms with Gasteiger partial charge in [0.1, 0.15) is 12.2 Å². The number of carbonyl (C=O) groups is 1. The van der Waals surface area contributed by atoms with Crippen LogP contribution in [0.25, 0.3) is 0 Å². The molecule has 1 heterocycles. The Balaban J connectivity index is 2.75. The van der Waals surface area contributed by atoms with E-state index in [0.29, 0.717) is 0 Å². The van der Waals surface area contributed by atoms with Crippen LogP contribution in [0.15, 0.2) is 0 Å². The fourth-order valence-electron chi connectivity index (χ4n) is 1.000. The molecule has 0 spiro atoms. The van der Waals surface area contributed by atoms with Crippen molar-refractivity contribution in [2.24, 2.45) is 0 Å². The second kappa shape index (κ2) is 3.36. The van der Waals surface area contributed by atoms with Crippen LogP contribution in [0.4, 0.5) is 0 Å². The number of aliphatic hydroxyl groups excluding tert-OH is 4. The third-order valence-electron chi connectivity index (χ3n) is 1.82. The number of nitrogens with one attached hydrogen (secondary N) is 1. The maximum atomic E-state index is 10.8. The average molecular weight is 177 g/mol. The minimum absolute atomic E-state index is 0.172. The maximum absolute atomic E-state index is 10.8. The highest BCUT2D eigenvalue weighted by atomic mass is 16.4. The van der Waals surface area contributed by atoms with Gasteiger partial charge in [-0.1, -0.05) is 0 Å². The SMILES string of the molecule is O=C1NCC(O)C(O)C(O)C1O. The zero-order chi connectivity index (χ0) is 9.30. The van der Waals surface area contributed by atoms with Crippen LogP contribution >= 0.6 is 0 Å². The summed E-state index contributed by atoms with van der Waals surface area (Å²) in [5.41, 5.74) is 0. The number of amides is 1. The summed E-state index contributed by atoms with van der Waals surface area (Å²) >= 11 is 0. The fourth-order valence-corrected chi connectivity index (χ4v) is 1.000.